The van der Waals surface area contributed by atoms with Gasteiger partial charge in [-0.3, -0.25) is 4.79 Å². The smallest absolute Gasteiger partial charge is 0.251 e. The van der Waals surface area contributed by atoms with Gasteiger partial charge in [0.1, 0.15) is 0 Å². The molecule has 8 heteroatoms. The minimum atomic E-state index is -3.61. The summed E-state index contributed by atoms with van der Waals surface area (Å²) in [6.07, 6.45) is 1.46. The average molecular weight is 346 g/mol. The molecular formula is C14H20ClN3O3S. The molecule has 3 N–H and O–H groups in total. The first-order valence-electron chi connectivity index (χ1n) is 6.72. The minimum absolute atomic E-state index is 0. The highest BCUT2D eigenvalue weighted by Gasteiger charge is 2.19. The number of benzene rings is 1. The zero-order valence-corrected chi connectivity index (χ0v) is 13.7. The van der Waals surface area contributed by atoms with Crippen molar-refractivity contribution in [1.82, 2.24) is 15.4 Å². The molecule has 0 bridgehead atoms. The van der Waals surface area contributed by atoms with Crippen molar-refractivity contribution in [1.29, 1.82) is 0 Å². The second-order valence-corrected chi connectivity index (χ2v) is 6.67. The van der Waals surface area contributed by atoms with E-state index in [9.17, 15) is 13.2 Å². The number of hydrogen-bond donors (Lipinski definition) is 3. The molecule has 1 amide bonds. The Morgan fingerprint density at radius 1 is 1.41 bits per heavy atom. The average Bonchev–Trinajstić information content (AvgIpc) is 2.43. The van der Waals surface area contributed by atoms with Gasteiger partial charge in [-0.2, -0.15) is 0 Å². The first-order chi connectivity index (χ1) is 10.0. The first kappa shape index (κ1) is 18.6. The summed E-state index contributed by atoms with van der Waals surface area (Å²) in [5, 5.41) is 5.94. The zero-order valence-electron chi connectivity index (χ0n) is 12.0. The van der Waals surface area contributed by atoms with E-state index >= 15 is 0 Å². The van der Waals surface area contributed by atoms with Gasteiger partial charge in [-0.15, -0.1) is 19.0 Å². The van der Waals surface area contributed by atoms with Crippen LogP contribution in [0.5, 0.6) is 0 Å². The maximum Gasteiger partial charge on any atom is 0.251 e. The SMILES string of the molecule is C=CCNS(=O)(=O)c1cccc(C(=O)NCC2CNC2)c1.Cl. The molecule has 0 unspecified atom stereocenters. The summed E-state index contributed by atoms with van der Waals surface area (Å²) >= 11 is 0. The zero-order chi connectivity index (χ0) is 15.3. The molecule has 1 heterocycles. The molecule has 0 radical (unpaired) electrons. The standard InChI is InChI=1S/C14H19N3O3S.ClH/c1-2-6-17-21(19,20)13-5-3-4-12(7-13)14(18)16-10-11-8-15-9-11;/h2-5,7,11,15,17H,1,6,8-10H2,(H,16,18);1H. The van der Waals surface area contributed by atoms with E-state index in [1.807, 2.05) is 0 Å². The highest BCUT2D eigenvalue weighted by atomic mass is 35.5. The Balaban J connectivity index is 0.00000242. The summed E-state index contributed by atoms with van der Waals surface area (Å²) in [6.45, 7) is 6.01. The van der Waals surface area contributed by atoms with E-state index in [-0.39, 0.29) is 29.8 Å². The molecule has 2 rings (SSSR count). The van der Waals surface area contributed by atoms with Gasteiger partial charge in [-0.05, 0) is 18.2 Å². The molecule has 6 nitrogen and oxygen atoms in total. The number of amides is 1. The molecule has 1 fully saturated rings. The third-order valence-corrected chi connectivity index (χ3v) is 4.66. The Morgan fingerprint density at radius 2 is 2.14 bits per heavy atom. The maximum absolute atomic E-state index is 12.0. The predicted octanol–water partition coefficient (Wildman–Crippen LogP) is 0.522. The number of hydrogen-bond acceptors (Lipinski definition) is 4. The van der Waals surface area contributed by atoms with Gasteiger partial charge in [0.15, 0.2) is 0 Å². The molecular weight excluding hydrogens is 326 g/mol. The quantitative estimate of drug-likeness (QED) is 0.629. The van der Waals surface area contributed by atoms with E-state index in [2.05, 4.69) is 21.9 Å². The molecule has 0 spiro atoms. The Kier molecular flexibility index (Phi) is 7.02. The largest absolute Gasteiger partial charge is 0.352 e. The van der Waals surface area contributed by atoms with E-state index < -0.39 is 10.0 Å². The second kappa shape index (κ2) is 8.28. The van der Waals surface area contributed by atoms with Crippen LogP contribution in [0.15, 0.2) is 41.8 Å². The van der Waals surface area contributed by atoms with Crippen molar-refractivity contribution in [2.24, 2.45) is 5.92 Å². The fourth-order valence-electron chi connectivity index (χ4n) is 1.89. The lowest BCUT2D eigenvalue weighted by Crippen LogP contribution is -2.48. The minimum Gasteiger partial charge on any atom is -0.352 e. The van der Waals surface area contributed by atoms with Gasteiger partial charge in [0.25, 0.3) is 5.91 Å². The van der Waals surface area contributed by atoms with Crippen LogP contribution < -0.4 is 15.4 Å². The molecule has 122 valence electrons. The Morgan fingerprint density at radius 3 is 2.73 bits per heavy atom. The number of halogens is 1. The van der Waals surface area contributed by atoms with Crippen molar-refractivity contribution in [3.05, 3.63) is 42.5 Å². The molecule has 1 aromatic carbocycles. The Labute approximate surface area is 136 Å². The number of sulfonamides is 1. The van der Waals surface area contributed by atoms with Gasteiger partial charge in [0.2, 0.25) is 10.0 Å². The molecule has 1 aliphatic heterocycles. The van der Waals surface area contributed by atoms with Crippen molar-refractivity contribution >= 4 is 28.3 Å². The van der Waals surface area contributed by atoms with Crippen LogP contribution >= 0.6 is 12.4 Å². The van der Waals surface area contributed by atoms with Crippen LogP contribution in [0.1, 0.15) is 10.4 Å². The first-order valence-corrected chi connectivity index (χ1v) is 8.21. The third-order valence-electron chi connectivity index (χ3n) is 3.24. The molecule has 0 saturated carbocycles. The summed E-state index contributed by atoms with van der Waals surface area (Å²) in [4.78, 5) is 12.1. The van der Waals surface area contributed by atoms with Crippen molar-refractivity contribution in [3.63, 3.8) is 0 Å². The summed E-state index contributed by atoms with van der Waals surface area (Å²) in [7, 11) is -3.61. The Bertz CT molecular complexity index is 630. The van der Waals surface area contributed by atoms with Crippen LogP contribution in [0.25, 0.3) is 0 Å². The topological polar surface area (TPSA) is 87.3 Å². The molecule has 0 aromatic heterocycles. The molecule has 22 heavy (non-hydrogen) atoms. The summed E-state index contributed by atoms with van der Waals surface area (Å²) in [6, 6.07) is 5.99. The lowest BCUT2D eigenvalue weighted by molar-refractivity contribution is 0.0942. The van der Waals surface area contributed by atoms with E-state index in [4.69, 9.17) is 0 Å². The fraction of sp³-hybridized carbons (Fsp3) is 0.357. The number of rotatable bonds is 7. The number of nitrogens with one attached hydrogen (secondary N) is 3. The lowest BCUT2D eigenvalue weighted by atomic mass is 10.0. The van der Waals surface area contributed by atoms with Crippen molar-refractivity contribution in [2.75, 3.05) is 26.2 Å². The normalized spacial score (nSPS) is 14.5. The van der Waals surface area contributed by atoms with Gasteiger partial charge in [-0.1, -0.05) is 12.1 Å². The second-order valence-electron chi connectivity index (χ2n) is 4.90. The monoisotopic (exact) mass is 345 g/mol. The van der Waals surface area contributed by atoms with Gasteiger partial charge >= 0.3 is 0 Å². The van der Waals surface area contributed by atoms with Gasteiger partial charge in [0.05, 0.1) is 4.90 Å². The van der Waals surface area contributed by atoms with Crippen molar-refractivity contribution < 1.29 is 13.2 Å². The summed E-state index contributed by atoms with van der Waals surface area (Å²) < 4.78 is 26.4. The van der Waals surface area contributed by atoms with E-state index in [1.165, 1.54) is 18.2 Å². The highest BCUT2D eigenvalue weighted by molar-refractivity contribution is 7.89. The third kappa shape index (κ3) is 4.81. The predicted molar refractivity (Wildman–Crippen MR) is 87.8 cm³/mol. The molecule has 1 saturated heterocycles. The highest BCUT2D eigenvalue weighted by Crippen LogP contribution is 2.11. The molecule has 1 aromatic rings. The lowest BCUT2D eigenvalue weighted by Gasteiger charge is -2.27. The Hall–Kier alpha value is -1.41. The van der Waals surface area contributed by atoms with Gasteiger partial charge in [-0.25, -0.2) is 13.1 Å². The van der Waals surface area contributed by atoms with Crippen molar-refractivity contribution in [2.45, 2.75) is 4.90 Å². The molecule has 1 aliphatic rings. The molecule has 0 atom stereocenters. The van der Waals surface area contributed by atoms with E-state index in [1.54, 1.807) is 12.1 Å². The number of carbonyl (C=O) groups excluding carboxylic acids is 1. The van der Waals surface area contributed by atoms with E-state index in [0.29, 0.717) is 18.0 Å². The van der Waals surface area contributed by atoms with Crippen LogP contribution in [0.2, 0.25) is 0 Å². The van der Waals surface area contributed by atoms with Gasteiger partial charge in [0, 0.05) is 37.7 Å². The van der Waals surface area contributed by atoms with E-state index in [0.717, 1.165) is 13.1 Å². The summed E-state index contributed by atoms with van der Waals surface area (Å²) in [5.74, 6) is 0.192. The fourth-order valence-corrected chi connectivity index (χ4v) is 2.93. The maximum atomic E-state index is 12.0. The van der Waals surface area contributed by atoms with Crippen molar-refractivity contribution in [3.8, 4) is 0 Å². The van der Waals surface area contributed by atoms with Crippen LogP contribution in [-0.2, 0) is 10.0 Å². The van der Waals surface area contributed by atoms with Gasteiger partial charge < -0.3 is 10.6 Å². The van der Waals surface area contributed by atoms with Crippen LogP contribution in [0, 0.1) is 5.92 Å². The summed E-state index contributed by atoms with van der Waals surface area (Å²) in [5.41, 5.74) is 0.337. The van der Waals surface area contributed by atoms with Crippen LogP contribution in [0.4, 0.5) is 0 Å². The number of carbonyl (C=O) groups is 1. The van der Waals surface area contributed by atoms with Crippen LogP contribution in [0.3, 0.4) is 0 Å². The van der Waals surface area contributed by atoms with Crippen LogP contribution in [-0.4, -0.2) is 40.5 Å². The molecule has 0 aliphatic carbocycles.